The molecule has 3 rings (SSSR count). The maximum absolute atomic E-state index is 3.44. The summed E-state index contributed by atoms with van der Waals surface area (Å²) >= 11 is 0. The number of rotatable bonds is 5. The van der Waals surface area contributed by atoms with Gasteiger partial charge in [-0.2, -0.15) is 17.2 Å². The van der Waals surface area contributed by atoms with Crippen molar-refractivity contribution in [3.63, 3.8) is 0 Å². The number of hydrogen-bond acceptors (Lipinski definition) is 0. The summed E-state index contributed by atoms with van der Waals surface area (Å²) in [6.45, 7) is 20.3. The molecule has 0 N–H and O–H groups in total. The van der Waals surface area contributed by atoms with Gasteiger partial charge in [-0.15, -0.1) is 47.3 Å². The van der Waals surface area contributed by atoms with Gasteiger partial charge in [0.2, 0.25) is 0 Å². The van der Waals surface area contributed by atoms with Gasteiger partial charge in [-0.1, -0.05) is 74.8 Å². The molecule has 0 nitrogen and oxygen atoms in total. The quantitative estimate of drug-likeness (QED) is 0.391. The zero-order chi connectivity index (χ0) is 21.1. The molecule has 0 saturated heterocycles. The number of fused-ring (bicyclic) bond motifs is 1. The monoisotopic (exact) mass is 554 g/mol. The van der Waals surface area contributed by atoms with Crippen molar-refractivity contribution in [2.24, 2.45) is 17.3 Å². The van der Waals surface area contributed by atoms with Crippen LogP contribution < -0.4 is 30.1 Å². The van der Waals surface area contributed by atoms with Crippen molar-refractivity contribution in [3.8, 4) is 0 Å². The molecule has 0 spiro atoms. The minimum atomic E-state index is 0. The third-order valence-corrected chi connectivity index (χ3v) is 9.03. The summed E-state index contributed by atoms with van der Waals surface area (Å²) in [5.41, 5.74) is 4.39. The van der Waals surface area contributed by atoms with Crippen LogP contribution in [0.5, 0.6) is 0 Å². The fourth-order valence-electron chi connectivity index (χ4n) is 3.89. The first kappa shape index (κ1) is 33.4. The maximum Gasteiger partial charge on any atom is 4.00 e. The van der Waals surface area contributed by atoms with Gasteiger partial charge in [0.25, 0.3) is 0 Å². The van der Waals surface area contributed by atoms with Gasteiger partial charge >= 0.3 is 26.2 Å². The molecule has 0 aromatic heterocycles. The van der Waals surface area contributed by atoms with Crippen LogP contribution in [0.25, 0.3) is 10.8 Å². The van der Waals surface area contributed by atoms with Gasteiger partial charge < -0.3 is 24.8 Å². The van der Waals surface area contributed by atoms with Crippen LogP contribution in [0, 0.1) is 23.3 Å². The molecule has 0 unspecified atom stereocenters. The van der Waals surface area contributed by atoms with Crippen molar-refractivity contribution in [1.29, 1.82) is 0 Å². The van der Waals surface area contributed by atoms with Crippen LogP contribution in [0.4, 0.5) is 0 Å². The normalized spacial score (nSPS) is 14.6. The average molecular weight is 557 g/mol. The van der Waals surface area contributed by atoms with Gasteiger partial charge in [-0.25, -0.2) is 5.57 Å². The number of halogens is 2. The summed E-state index contributed by atoms with van der Waals surface area (Å²) in [5.74, 6) is 1.60. The summed E-state index contributed by atoms with van der Waals surface area (Å²) in [5, 5.41) is 4.42. The third-order valence-electron chi connectivity index (χ3n) is 5.70. The fourth-order valence-corrected chi connectivity index (χ4v) is 6.87. The number of hydrogen-bond donors (Lipinski definition) is 0. The van der Waals surface area contributed by atoms with Gasteiger partial charge in [0.05, 0.1) is 0 Å². The second kappa shape index (κ2) is 14.5. The van der Waals surface area contributed by atoms with Gasteiger partial charge in [0.15, 0.2) is 0 Å². The first-order valence-corrected chi connectivity index (χ1v) is 12.4. The standard InChI is InChI=1S/C17H24P.C10H15.2ClH.Zr/c1-13(2)11-18(12-14(3)4)17-9-15-7-5-6-8-16(15)10-17;1-7-6-10(4,5)9(3)8(7)2;;;/h5-10,13-14H,11-12H2,1-4H3;1-5H3;2*1H;/q2*-1;;;+4/p-2. The van der Waals surface area contributed by atoms with E-state index in [-0.39, 0.29) is 64.4 Å². The molecule has 0 saturated carbocycles. The Kier molecular flexibility index (Phi) is 15.6. The molecule has 31 heavy (non-hydrogen) atoms. The predicted molar refractivity (Wildman–Crippen MR) is 130 cm³/mol. The Balaban J connectivity index is 0. The molecule has 2 aromatic carbocycles. The van der Waals surface area contributed by atoms with Crippen molar-refractivity contribution >= 4 is 24.0 Å². The topological polar surface area (TPSA) is 0 Å². The van der Waals surface area contributed by atoms with Crippen molar-refractivity contribution in [2.75, 3.05) is 12.3 Å². The molecule has 170 valence electrons. The molecule has 0 amide bonds. The third kappa shape index (κ3) is 9.53. The Morgan fingerprint density at radius 2 is 1.45 bits per heavy atom. The van der Waals surface area contributed by atoms with E-state index in [4.69, 9.17) is 0 Å². The van der Waals surface area contributed by atoms with Gasteiger partial charge in [0.1, 0.15) is 0 Å². The largest absolute Gasteiger partial charge is 4.00 e. The SMILES string of the molecule is CC(C)CP(CC(C)C)c1cc2ccccc2[cH-]1.CC1=[C-]C(C)(C)C(C)=C1C.[Cl-].[Cl-].[Zr+4]. The minimum absolute atomic E-state index is 0. The van der Waals surface area contributed by atoms with E-state index in [1.807, 2.05) is 0 Å². The second-order valence-corrected chi connectivity index (χ2v) is 12.0. The Hall–Kier alpha value is 0.203. The summed E-state index contributed by atoms with van der Waals surface area (Å²) in [7, 11) is 0.0185. The van der Waals surface area contributed by atoms with Crippen LogP contribution in [0.1, 0.15) is 62.3 Å². The maximum atomic E-state index is 3.44. The molecule has 0 heterocycles. The van der Waals surface area contributed by atoms with Gasteiger partial charge in [-0.3, -0.25) is 6.08 Å². The average Bonchev–Trinajstić information content (AvgIpc) is 3.09. The van der Waals surface area contributed by atoms with E-state index < -0.39 is 0 Å². The molecule has 0 atom stereocenters. The Morgan fingerprint density at radius 3 is 1.81 bits per heavy atom. The summed E-state index contributed by atoms with van der Waals surface area (Å²) in [6.07, 6.45) is 6.17. The minimum Gasteiger partial charge on any atom is -1.00 e. The van der Waals surface area contributed by atoms with Gasteiger partial charge in [-0.05, 0) is 24.2 Å². The van der Waals surface area contributed by atoms with Crippen LogP contribution >= 0.6 is 7.92 Å². The van der Waals surface area contributed by atoms with Crippen LogP contribution in [0.15, 0.2) is 53.1 Å². The van der Waals surface area contributed by atoms with E-state index >= 15 is 0 Å². The fraction of sp³-hybridized carbons (Fsp3) is 0.519. The first-order chi connectivity index (χ1) is 13.0. The smallest absolute Gasteiger partial charge is 1.00 e. The van der Waals surface area contributed by atoms with Crippen LogP contribution in [-0.4, -0.2) is 12.3 Å². The molecule has 1 aliphatic rings. The zero-order valence-electron chi connectivity index (χ0n) is 20.7. The summed E-state index contributed by atoms with van der Waals surface area (Å²) in [6, 6.07) is 13.6. The zero-order valence-corrected chi connectivity index (χ0v) is 25.6. The number of benzene rings is 1. The van der Waals surface area contributed by atoms with E-state index in [1.165, 1.54) is 39.8 Å². The van der Waals surface area contributed by atoms with Crippen molar-refractivity contribution in [2.45, 2.75) is 62.3 Å². The molecule has 0 radical (unpaired) electrons. The van der Waals surface area contributed by atoms with Crippen molar-refractivity contribution in [1.82, 2.24) is 0 Å². The molecular formula is C27H39Cl2PZr. The van der Waals surface area contributed by atoms with Crippen molar-refractivity contribution < 1.29 is 51.0 Å². The van der Waals surface area contributed by atoms with E-state index in [9.17, 15) is 0 Å². The molecule has 0 aliphatic heterocycles. The van der Waals surface area contributed by atoms with Crippen molar-refractivity contribution in [3.05, 3.63) is 59.2 Å². The summed E-state index contributed by atoms with van der Waals surface area (Å²) in [4.78, 5) is 0. The van der Waals surface area contributed by atoms with Crippen LogP contribution in [-0.2, 0) is 26.2 Å². The molecule has 1 aliphatic carbocycles. The Bertz CT molecular complexity index is 816. The van der Waals surface area contributed by atoms with Crippen LogP contribution in [0.3, 0.4) is 0 Å². The number of allylic oxidation sites excluding steroid dienone is 4. The molecule has 4 heteroatoms. The van der Waals surface area contributed by atoms with Crippen LogP contribution in [0.2, 0.25) is 0 Å². The Morgan fingerprint density at radius 1 is 0.935 bits per heavy atom. The second-order valence-electron chi connectivity index (χ2n) is 9.66. The first-order valence-electron chi connectivity index (χ1n) is 10.7. The van der Waals surface area contributed by atoms with E-state index in [0.717, 1.165) is 11.8 Å². The molecular weight excluding hydrogens is 517 g/mol. The molecule has 0 fully saturated rings. The van der Waals surface area contributed by atoms with Gasteiger partial charge in [0, 0.05) is 0 Å². The molecule has 2 aromatic rings. The molecule has 0 bridgehead atoms. The van der Waals surface area contributed by atoms with E-state index in [1.54, 1.807) is 5.30 Å². The van der Waals surface area contributed by atoms with E-state index in [2.05, 4.69) is 105 Å². The summed E-state index contributed by atoms with van der Waals surface area (Å²) < 4.78 is 0. The Labute approximate surface area is 224 Å². The predicted octanol–water partition coefficient (Wildman–Crippen LogP) is 2.10. The van der Waals surface area contributed by atoms with E-state index in [0.29, 0.717) is 0 Å².